The van der Waals surface area contributed by atoms with Gasteiger partial charge in [0.15, 0.2) is 16.7 Å². The van der Waals surface area contributed by atoms with E-state index in [0.717, 1.165) is 29.5 Å². The number of amides is 1. The molecule has 6 nitrogen and oxygen atoms in total. The third-order valence-corrected chi connectivity index (χ3v) is 4.98. The Kier molecular flexibility index (Phi) is 6.40. The molecule has 0 unspecified atom stereocenters. The molecule has 0 aliphatic carbocycles. The maximum atomic E-state index is 14.4. The Hall–Kier alpha value is -3.66. The molecule has 0 aliphatic heterocycles. The van der Waals surface area contributed by atoms with Gasteiger partial charge >= 0.3 is 5.97 Å². The average Bonchev–Trinajstić information content (AvgIpc) is 3.18. The highest BCUT2D eigenvalue weighted by atomic mass is 32.1. The molecule has 1 amide bonds. The molecule has 0 bridgehead atoms. The second kappa shape index (κ2) is 9.00. The number of hydrogen-bond donors (Lipinski definition) is 2. The summed E-state index contributed by atoms with van der Waals surface area (Å²) in [5.41, 5.74) is -0.752. The number of benzene rings is 2. The van der Waals surface area contributed by atoms with E-state index in [2.05, 4.69) is 10.3 Å². The van der Waals surface area contributed by atoms with E-state index < -0.39 is 34.9 Å². The highest BCUT2D eigenvalue weighted by molar-refractivity contribution is 7.14. The first-order chi connectivity index (χ1) is 14.7. The number of carboxylic acids is 1. The van der Waals surface area contributed by atoms with Crippen molar-refractivity contribution in [3.8, 4) is 17.0 Å². The standard InChI is InChI=1S/C21H15F3N2O4S/c1-10(20(28)29)6-13-14(22)7-11(8-15(13)23)19(27)26-21-25-16(9-31-21)12-4-3-5-17(30-2)18(12)24/h3-9H,1-2H3,(H,28,29)(H,25,26,27)/b10-6+. The van der Waals surface area contributed by atoms with Gasteiger partial charge in [0.2, 0.25) is 0 Å². The van der Waals surface area contributed by atoms with Crippen molar-refractivity contribution in [2.24, 2.45) is 0 Å². The molecule has 31 heavy (non-hydrogen) atoms. The predicted octanol–water partition coefficient (Wildman–Crippen LogP) is 4.98. The molecule has 2 aromatic carbocycles. The van der Waals surface area contributed by atoms with Gasteiger partial charge in [-0.25, -0.2) is 22.9 Å². The van der Waals surface area contributed by atoms with E-state index >= 15 is 0 Å². The van der Waals surface area contributed by atoms with Crippen molar-refractivity contribution in [3.05, 3.63) is 69.9 Å². The number of aromatic nitrogens is 1. The van der Waals surface area contributed by atoms with Crippen molar-refractivity contribution in [3.63, 3.8) is 0 Å². The van der Waals surface area contributed by atoms with Crippen LogP contribution in [0.1, 0.15) is 22.8 Å². The van der Waals surface area contributed by atoms with Crippen LogP contribution in [0.25, 0.3) is 17.3 Å². The van der Waals surface area contributed by atoms with Crippen LogP contribution in [-0.4, -0.2) is 29.1 Å². The molecule has 0 atom stereocenters. The number of anilines is 1. The quantitative estimate of drug-likeness (QED) is 0.520. The summed E-state index contributed by atoms with van der Waals surface area (Å²) in [6.07, 6.45) is 0.838. The minimum Gasteiger partial charge on any atom is -0.494 e. The summed E-state index contributed by atoms with van der Waals surface area (Å²) in [7, 11) is 1.33. The normalized spacial score (nSPS) is 11.3. The Bertz CT molecular complexity index is 1180. The zero-order valence-electron chi connectivity index (χ0n) is 16.2. The van der Waals surface area contributed by atoms with Gasteiger partial charge in [0.05, 0.1) is 12.8 Å². The summed E-state index contributed by atoms with van der Waals surface area (Å²) in [5.74, 6) is -4.93. The first kappa shape index (κ1) is 22.0. The molecular formula is C21H15F3N2O4S. The first-order valence-electron chi connectivity index (χ1n) is 8.71. The third kappa shape index (κ3) is 4.75. The van der Waals surface area contributed by atoms with Gasteiger partial charge in [0.1, 0.15) is 11.6 Å². The molecule has 0 aliphatic rings. The van der Waals surface area contributed by atoms with Crippen molar-refractivity contribution in [1.29, 1.82) is 0 Å². The Balaban J connectivity index is 1.83. The number of hydrogen-bond acceptors (Lipinski definition) is 5. The van der Waals surface area contributed by atoms with Crippen molar-refractivity contribution in [2.45, 2.75) is 6.92 Å². The maximum Gasteiger partial charge on any atom is 0.331 e. The van der Waals surface area contributed by atoms with Crippen LogP contribution in [-0.2, 0) is 4.79 Å². The number of halogens is 3. The molecule has 160 valence electrons. The Morgan fingerprint density at radius 3 is 2.48 bits per heavy atom. The van der Waals surface area contributed by atoms with Crippen LogP contribution in [0.3, 0.4) is 0 Å². The number of nitrogens with one attached hydrogen (secondary N) is 1. The Labute approximate surface area is 178 Å². The topological polar surface area (TPSA) is 88.5 Å². The van der Waals surface area contributed by atoms with Crippen LogP contribution >= 0.6 is 11.3 Å². The fourth-order valence-corrected chi connectivity index (χ4v) is 3.33. The number of carbonyl (C=O) groups is 2. The molecule has 1 aromatic heterocycles. The number of ether oxygens (including phenoxy) is 1. The average molecular weight is 448 g/mol. The summed E-state index contributed by atoms with van der Waals surface area (Å²) in [4.78, 5) is 27.4. The largest absolute Gasteiger partial charge is 0.494 e. The number of thiazole rings is 1. The summed E-state index contributed by atoms with van der Waals surface area (Å²) < 4.78 is 47.8. The maximum absolute atomic E-state index is 14.4. The molecule has 3 rings (SSSR count). The molecule has 0 spiro atoms. The third-order valence-electron chi connectivity index (χ3n) is 4.22. The smallest absolute Gasteiger partial charge is 0.331 e. The minimum absolute atomic E-state index is 0.0364. The van der Waals surface area contributed by atoms with Gasteiger partial charge in [-0.15, -0.1) is 11.3 Å². The molecular weight excluding hydrogens is 433 g/mol. The van der Waals surface area contributed by atoms with Gasteiger partial charge in [-0.3, -0.25) is 10.1 Å². The van der Waals surface area contributed by atoms with Gasteiger partial charge in [0, 0.05) is 27.6 Å². The lowest BCUT2D eigenvalue weighted by molar-refractivity contribution is -0.132. The van der Waals surface area contributed by atoms with Gasteiger partial charge in [-0.1, -0.05) is 6.07 Å². The predicted molar refractivity (Wildman–Crippen MR) is 110 cm³/mol. The molecule has 0 fully saturated rings. The lowest BCUT2D eigenvalue weighted by atomic mass is 10.1. The zero-order chi connectivity index (χ0) is 22.7. The summed E-state index contributed by atoms with van der Waals surface area (Å²) in [6.45, 7) is 1.19. The van der Waals surface area contributed by atoms with Gasteiger partial charge < -0.3 is 9.84 Å². The molecule has 2 N–H and O–H groups in total. The number of aliphatic carboxylic acids is 1. The lowest BCUT2D eigenvalue weighted by Gasteiger charge is -2.06. The monoisotopic (exact) mass is 448 g/mol. The summed E-state index contributed by atoms with van der Waals surface area (Å²) in [5, 5.41) is 12.9. The zero-order valence-corrected chi connectivity index (χ0v) is 17.0. The number of carboxylic acid groups (broad SMARTS) is 1. The van der Waals surface area contributed by atoms with E-state index in [1.807, 2.05) is 0 Å². The highest BCUT2D eigenvalue weighted by Gasteiger charge is 2.18. The minimum atomic E-state index is -1.33. The summed E-state index contributed by atoms with van der Waals surface area (Å²) in [6, 6.07) is 6.11. The van der Waals surface area contributed by atoms with Gasteiger partial charge in [-0.05, 0) is 37.3 Å². The van der Waals surface area contributed by atoms with E-state index in [9.17, 15) is 22.8 Å². The second-order valence-corrected chi connectivity index (χ2v) is 7.16. The molecule has 1 heterocycles. The molecule has 3 aromatic rings. The van der Waals surface area contributed by atoms with E-state index in [-0.39, 0.29) is 33.3 Å². The summed E-state index contributed by atoms with van der Waals surface area (Å²) >= 11 is 1.000. The van der Waals surface area contributed by atoms with E-state index in [0.29, 0.717) is 0 Å². The van der Waals surface area contributed by atoms with E-state index in [1.54, 1.807) is 6.07 Å². The van der Waals surface area contributed by atoms with Gasteiger partial charge in [-0.2, -0.15) is 0 Å². The molecule has 10 heteroatoms. The number of methoxy groups -OCH3 is 1. The van der Waals surface area contributed by atoms with Crippen molar-refractivity contribution in [1.82, 2.24) is 4.98 Å². The first-order valence-corrected chi connectivity index (χ1v) is 9.59. The van der Waals surface area contributed by atoms with Crippen molar-refractivity contribution in [2.75, 3.05) is 12.4 Å². The van der Waals surface area contributed by atoms with Crippen LogP contribution in [0.2, 0.25) is 0 Å². The molecule has 0 saturated carbocycles. The van der Waals surface area contributed by atoms with E-state index in [1.165, 1.54) is 31.5 Å². The van der Waals surface area contributed by atoms with Crippen LogP contribution in [0.5, 0.6) is 5.75 Å². The fraction of sp³-hybridized carbons (Fsp3) is 0.0952. The molecule has 0 saturated heterocycles. The number of nitrogens with zero attached hydrogens (tertiary/aromatic N) is 1. The Morgan fingerprint density at radius 1 is 1.19 bits per heavy atom. The van der Waals surface area contributed by atoms with Crippen LogP contribution in [0, 0.1) is 17.5 Å². The van der Waals surface area contributed by atoms with Crippen LogP contribution < -0.4 is 10.1 Å². The number of carbonyl (C=O) groups excluding carboxylic acids is 1. The van der Waals surface area contributed by atoms with Crippen LogP contribution in [0.4, 0.5) is 18.3 Å². The number of rotatable bonds is 6. The second-order valence-electron chi connectivity index (χ2n) is 6.30. The van der Waals surface area contributed by atoms with Crippen LogP contribution in [0.15, 0.2) is 41.3 Å². The Morgan fingerprint density at radius 2 is 1.87 bits per heavy atom. The van der Waals surface area contributed by atoms with Gasteiger partial charge in [0.25, 0.3) is 5.91 Å². The lowest BCUT2D eigenvalue weighted by Crippen LogP contribution is -2.13. The molecule has 0 radical (unpaired) electrons. The highest BCUT2D eigenvalue weighted by Crippen LogP contribution is 2.31. The SMILES string of the molecule is COc1cccc(-c2csc(NC(=O)c3cc(F)c(/C=C(\C)C(=O)O)c(F)c3)n2)c1F. The van der Waals surface area contributed by atoms with Crippen molar-refractivity contribution < 1.29 is 32.6 Å². The fourth-order valence-electron chi connectivity index (χ4n) is 2.62. The van der Waals surface area contributed by atoms with Crippen molar-refractivity contribution >= 4 is 34.4 Å². The van der Waals surface area contributed by atoms with E-state index in [4.69, 9.17) is 9.84 Å².